The van der Waals surface area contributed by atoms with Crippen LogP contribution >= 0.6 is 12.2 Å². The number of aliphatic imine (C=N–C) groups is 1. The van der Waals surface area contributed by atoms with Crippen molar-refractivity contribution in [3.8, 4) is 0 Å². The van der Waals surface area contributed by atoms with E-state index in [1.807, 2.05) is 0 Å². The van der Waals surface area contributed by atoms with E-state index >= 15 is 0 Å². The monoisotopic (exact) mass is 287 g/mol. The molecule has 1 aromatic carbocycles. The summed E-state index contributed by atoms with van der Waals surface area (Å²) < 4.78 is 0. The van der Waals surface area contributed by atoms with Gasteiger partial charge in [-0.05, 0) is 60.5 Å². The fourth-order valence-corrected chi connectivity index (χ4v) is 3.45. The van der Waals surface area contributed by atoms with Gasteiger partial charge in [-0.15, -0.1) is 0 Å². The van der Waals surface area contributed by atoms with Gasteiger partial charge in [0.1, 0.15) is 0 Å². The van der Waals surface area contributed by atoms with Crippen molar-refractivity contribution in [2.75, 3.05) is 0 Å². The second kappa shape index (κ2) is 7.71. The lowest BCUT2D eigenvalue weighted by molar-refractivity contribution is 0.591. The normalized spacial score (nSPS) is 16.5. The molecule has 2 rings (SSSR count). The predicted octanol–water partition coefficient (Wildman–Crippen LogP) is 5.98. The van der Waals surface area contributed by atoms with Gasteiger partial charge in [0.2, 0.25) is 0 Å². The van der Waals surface area contributed by atoms with Gasteiger partial charge in [0.25, 0.3) is 0 Å². The molecule has 1 aromatic rings. The molecular formula is C18H25NS. The molecule has 20 heavy (non-hydrogen) atoms. The lowest BCUT2D eigenvalue weighted by atomic mass is 9.87. The van der Waals surface area contributed by atoms with Gasteiger partial charge in [-0.1, -0.05) is 51.7 Å². The summed E-state index contributed by atoms with van der Waals surface area (Å²) in [5.41, 5.74) is 5.27. The van der Waals surface area contributed by atoms with E-state index in [-0.39, 0.29) is 0 Å². The second-order valence-electron chi connectivity index (χ2n) is 5.79. The Morgan fingerprint density at radius 3 is 2.05 bits per heavy atom. The number of nitrogens with zero attached hydrogens (tertiary/aromatic N) is 1. The molecule has 1 nitrogen and oxygen atoms in total. The van der Waals surface area contributed by atoms with Crippen LogP contribution in [0, 0.1) is 0 Å². The zero-order valence-corrected chi connectivity index (χ0v) is 13.6. The smallest absolute Gasteiger partial charge is 0.0803 e. The van der Waals surface area contributed by atoms with Crippen LogP contribution in [-0.2, 0) is 12.8 Å². The minimum absolute atomic E-state index is 0.749. The van der Waals surface area contributed by atoms with E-state index in [1.165, 1.54) is 55.2 Å². The first-order valence-corrected chi connectivity index (χ1v) is 8.44. The first kappa shape index (κ1) is 15.4. The van der Waals surface area contributed by atoms with Crippen LogP contribution in [0.3, 0.4) is 0 Å². The van der Waals surface area contributed by atoms with E-state index in [4.69, 9.17) is 12.2 Å². The maximum atomic E-state index is 4.81. The van der Waals surface area contributed by atoms with Crippen molar-refractivity contribution < 1.29 is 0 Å². The molecular weight excluding hydrogens is 262 g/mol. The summed E-state index contributed by atoms with van der Waals surface area (Å²) in [5, 5.41) is 2.55. The first-order chi connectivity index (χ1) is 9.80. The van der Waals surface area contributed by atoms with Gasteiger partial charge in [0.15, 0.2) is 0 Å². The standard InChI is InChI=1S/C18H25NS/c1-3-14-11-17(16-9-7-5-6-8-10-16)12-15(4-2)18(14)19-13-20/h11-12,16H,3-10H2,1-2H3. The third kappa shape index (κ3) is 3.56. The topological polar surface area (TPSA) is 12.4 Å². The quantitative estimate of drug-likeness (QED) is 0.377. The number of benzene rings is 1. The van der Waals surface area contributed by atoms with Crippen molar-refractivity contribution in [2.45, 2.75) is 71.1 Å². The molecule has 0 amide bonds. The fraction of sp³-hybridized carbons (Fsp3) is 0.611. The lowest BCUT2D eigenvalue weighted by Gasteiger charge is -2.18. The van der Waals surface area contributed by atoms with E-state index in [9.17, 15) is 0 Å². The van der Waals surface area contributed by atoms with E-state index in [0.29, 0.717) is 0 Å². The molecule has 0 spiro atoms. The first-order valence-electron chi connectivity index (χ1n) is 8.03. The third-order valence-electron chi connectivity index (χ3n) is 4.54. The van der Waals surface area contributed by atoms with Crippen molar-refractivity contribution >= 4 is 23.1 Å². The molecule has 0 heterocycles. The molecule has 1 saturated carbocycles. The molecule has 0 unspecified atom stereocenters. The Kier molecular flexibility index (Phi) is 5.94. The zero-order valence-electron chi connectivity index (χ0n) is 12.7. The maximum Gasteiger partial charge on any atom is 0.0803 e. The SMILES string of the molecule is CCc1cc(C2CCCCCC2)cc(CC)c1N=C=S. The van der Waals surface area contributed by atoms with Crippen LogP contribution in [-0.4, -0.2) is 5.16 Å². The molecule has 108 valence electrons. The highest BCUT2D eigenvalue weighted by molar-refractivity contribution is 7.78. The van der Waals surface area contributed by atoms with Crippen molar-refractivity contribution in [1.29, 1.82) is 0 Å². The highest BCUT2D eigenvalue weighted by Gasteiger charge is 2.17. The number of aryl methyl sites for hydroxylation is 2. The summed E-state index contributed by atoms with van der Waals surface area (Å²) in [4.78, 5) is 4.32. The summed E-state index contributed by atoms with van der Waals surface area (Å²) in [6.07, 6.45) is 10.3. The zero-order chi connectivity index (χ0) is 14.4. The van der Waals surface area contributed by atoms with E-state index in [1.54, 1.807) is 0 Å². The molecule has 0 aromatic heterocycles. The molecule has 1 aliphatic carbocycles. The highest BCUT2D eigenvalue weighted by atomic mass is 32.1. The Morgan fingerprint density at radius 1 is 1.05 bits per heavy atom. The summed E-state index contributed by atoms with van der Waals surface area (Å²) in [6, 6.07) is 4.75. The van der Waals surface area contributed by atoms with E-state index < -0.39 is 0 Å². The Bertz CT molecular complexity index is 467. The predicted molar refractivity (Wildman–Crippen MR) is 90.3 cm³/mol. The molecule has 1 fully saturated rings. The highest BCUT2D eigenvalue weighted by Crippen LogP contribution is 2.36. The third-order valence-corrected chi connectivity index (χ3v) is 4.63. The average Bonchev–Trinajstić information content (AvgIpc) is 2.76. The molecule has 0 N–H and O–H groups in total. The van der Waals surface area contributed by atoms with Crippen LogP contribution in [0.4, 0.5) is 5.69 Å². The van der Waals surface area contributed by atoms with Gasteiger partial charge in [0, 0.05) is 0 Å². The Morgan fingerprint density at radius 2 is 1.60 bits per heavy atom. The van der Waals surface area contributed by atoms with Crippen molar-refractivity contribution in [3.63, 3.8) is 0 Å². The van der Waals surface area contributed by atoms with Crippen LogP contribution in [0.2, 0.25) is 0 Å². The molecule has 0 radical (unpaired) electrons. The second-order valence-corrected chi connectivity index (χ2v) is 5.97. The Hall–Kier alpha value is -0.980. The number of isothiocyanates is 1. The van der Waals surface area contributed by atoms with Crippen molar-refractivity contribution in [3.05, 3.63) is 28.8 Å². The van der Waals surface area contributed by atoms with Gasteiger partial charge < -0.3 is 0 Å². The minimum atomic E-state index is 0.749. The van der Waals surface area contributed by atoms with Crippen LogP contribution in [0.5, 0.6) is 0 Å². The number of thiocarbonyl (C=S) groups is 1. The van der Waals surface area contributed by atoms with Crippen LogP contribution in [0.15, 0.2) is 17.1 Å². The van der Waals surface area contributed by atoms with Gasteiger partial charge in [0.05, 0.1) is 10.8 Å². The Labute approximate surface area is 128 Å². The molecule has 2 heteroatoms. The summed E-state index contributed by atoms with van der Waals surface area (Å²) in [6.45, 7) is 4.40. The molecule has 1 aliphatic rings. The van der Waals surface area contributed by atoms with Crippen LogP contribution in [0.1, 0.15) is 75.0 Å². The van der Waals surface area contributed by atoms with Crippen LogP contribution in [0.25, 0.3) is 0 Å². The van der Waals surface area contributed by atoms with E-state index in [0.717, 1.165) is 24.4 Å². The summed E-state index contributed by atoms with van der Waals surface area (Å²) in [7, 11) is 0. The molecule has 0 atom stereocenters. The largest absolute Gasteiger partial charge is 0.194 e. The van der Waals surface area contributed by atoms with E-state index in [2.05, 4.69) is 36.1 Å². The van der Waals surface area contributed by atoms with Gasteiger partial charge in [-0.2, -0.15) is 4.99 Å². The minimum Gasteiger partial charge on any atom is -0.194 e. The van der Waals surface area contributed by atoms with Crippen molar-refractivity contribution in [1.82, 2.24) is 0 Å². The van der Waals surface area contributed by atoms with Gasteiger partial charge in [-0.3, -0.25) is 0 Å². The number of hydrogen-bond acceptors (Lipinski definition) is 2. The number of rotatable bonds is 4. The Balaban J connectivity index is 2.41. The fourth-order valence-electron chi connectivity index (χ4n) is 3.36. The lowest BCUT2D eigenvalue weighted by Crippen LogP contribution is -2.01. The van der Waals surface area contributed by atoms with Crippen molar-refractivity contribution in [2.24, 2.45) is 4.99 Å². The maximum absolute atomic E-state index is 4.81. The molecule has 0 bridgehead atoms. The van der Waals surface area contributed by atoms with Gasteiger partial charge >= 0.3 is 0 Å². The van der Waals surface area contributed by atoms with Gasteiger partial charge in [-0.25, -0.2) is 0 Å². The summed E-state index contributed by atoms with van der Waals surface area (Å²) in [5.74, 6) is 0.749. The summed E-state index contributed by atoms with van der Waals surface area (Å²) >= 11 is 4.81. The molecule has 0 saturated heterocycles. The number of hydrogen-bond donors (Lipinski definition) is 0. The van der Waals surface area contributed by atoms with Crippen LogP contribution < -0.4 is 0 Å². The average molecular weight is 287 g/mol. The molecule has 0 aliphatic heterocycles.